The molecule has 0 aromatic heterocycles. The van der Waals surface area contributed by atoms with Gasteiger partial charge in [0.05, 0.1) is 6.61 Å². The van der Waals surface area contributed by atoms with Gasteiger partial charge in [0.1, 0.15) is 6.04 Å². The molecule has 0 aromatic carbocycles. The molecule has 1 fully saturated rings. The van der Waals surface area contributed by atoms with Crippen LogP contribution in [0.5, 0.6) is 0 Å². The highest BCUT2D eigenvalue weighted by Gasteiger charge is 2.33. The number of amides is 3. The first-order valence-corrected chi connectivity index (χ1v) is 10.8. The third-order valence-electron chi connectivity index (χ3n) is 4.62. The number of carbonyl (C=O) groups excluding carboxylic acids is 3. The maximum atomic E-state index is 12.8. The van der Waals surface area contributed by atoms with Crippen LogP contribution in [0.4, 0.5) is 4.79 Å². The van der Waals surface area contributed by atoms with Crippen molar-refractivity contribution in [1.29, 1.82) is 0 Å². The Bertz CT molecular complexity index is 561. The van der Waals surface area contributed by atoms with Crippen LogP contribution >= 0.6 is 0 Å². The summed E-state index contributed by atoms with van der Waals surface area (Å²) in [6.07, 6.45) is 1.17. The third kappa shape index (κ3) is 10.2. The van der Waals surface area contributed by atoms with Crippen molar-refractivity contribution in [2.45, 2.75) is 85.1 Å². The van der Waals surface area contributed by atoms with E-state index in [-0.39, 0.29) is 17.9 Å². The highest BCUT2D eigenvalue weighted by Crippen LogP contribution is 2.13. The zero-order chi connectivity index (χ0) is 22.7. The SMILES string of the molecule is CC(C)C(NC(=O)OCC(C)(C)C)C(=O)NC1OCCCCCCCNC(=O)C1O. The molecule has 0 radical (unpaired) electrons. The first-order chi connectivity index (χ1) is 14.0. The highest BCUT2D eigenvalue weighted by molar-refractivity contribution is 5.87. The number of aliphatic hydroxyl groups is 1. The van der Waals surface area contributed by atoms with Gasteiger partial charge in [-0.1, -0.05) is 53.9 Å². The maximum absolute atomic E-state index is 12.8. The van der Waals surface area contributed by atoms with Crippen LogP contribution < -0.4 is 16.0 Å². The lowest BCUT2D eigenvalue weighted by Crippen LogP contribution is -2.57. The smallest absolute Gasteiger partial charge is 0.407 e. The molecule has 1 aliphatic heterocycles. The number of nitrogens with one attached hydrogen (secondary N) is 3. The van der Waals surface area contributed by atoms with Crippen LogP contribution in [0.15, 0.2) is 0 Å². The minimum absolute atomic E-state index is 0.202. The summed E-state index contributed by atoms with van der Waals surface area (Å²) in [5, 5.41) is 18.2. The summed E-state index contributed by atoms with van der Waals surface area (Å²) >= 11 is 0. The molecule has 0 spiro atoms. The molecule has 0 saturated carbocycles. The lowest BCUT2D eigenvalue weighted by molar-refractivity contribution is -0.145. The van der Waals surface area contributed by atoms with Gasteiger partial charge in [0.15, 0.2) is 12.3 Å². The van der Waals surface area contributed by atoms with Crippen molar-refractivity contribution in [2.75, 3.05) is 19.8 Å². The predicted molar refractivity (Wildman–Crippen MR) is 113 cm³/mol. The second-order valence-electron chi connectivity index (χ2n) is 9.31. The second-order valence-corrected chi connectivity index (χ2v) is 9.31. The average Bonchev–Trinajstić information content (AvgIpc) is 2.65. The van der Waals surface area contributed by atoms with Gasteiger partial charge in [-0.15, -0.1) is 0 Å². The van der Waals surface area contributed by atoms with Gasteiger partial charge in [-0.25, -0.2) is 4.79 Å². The molecule has 174 valence electrons. The molecular weight excluding hydrogens is 390 g/mol. The van der Waals surface area contributed by atoms with E-state index in [1.165, 1.54) is 0 Å². The predicted octanol–water partition coefficient (Wildman–Crippen LogP) is 1.68. The molecule has 0 aliphatic carbocycles. The summed E-state index contributed by atoms with van der Waals surface area (Å²) in [6.45, 7) is 10.3. The minimum Gasteiger partial charge on any atom is -0.449 e. The highest BCUT2D eigenvalue weighted by atomic mass is 16.5. The summed E-state index contributed by atoms with van der Waals surface area (Å²) < 4.78 is 10.8. The zero-order valence-corrected chi connectivity index (χ0v) is 19.0. The fourth-order valence-electron chi connectivity index (χ4n) is 2.85. The standard InChI is InChI=1S/C21H39N3O6/c1-14(2)15(23-20(28)30-13-21(3,4)5)17(26)24-19-16(25)18(27)22-11-9-7-6-8-10-12-29-19/h14-16,19,25H,6-13H2,1-5H3,(H,22,27)(H,23,28)(H,24,26). The lowest BCUT2D eigenvalue weighted by Gasteiger charge is -2.28. The van der Waals surface area contributed by atoms with E-state index in [9.17, 15) is 19.5 Å². The second kappa shape index (κ2) is 12.7. The van der Waals surface area contributed by atoms with E-state index in [4.69, 9.17) is 9.47 Å². The van der Waals surface area contributed by atoms with Crippen molar-refractivity contribution >= 4 is 17.9 Å². The Morgan fingerprint density at radius 3 is 2.47 bits per heavy atom. The first-order valence-electron chi connectivity index (χ1n) is 10.8. The molecule has 1 aliphatic rings. The van der Waals surface area contributed by atoms with E-state index in [1.807, 2.05) is 20.8 Å². The molecule has 1 saturated heterocycles. The molecule has 3 atom stereocenters. The van der Waals surface area contributed by atoms with Crippen molar-refractivity contribution < 1.29 is 29.0 Å². The van der Waals surface area contributed by atoms with Gasteiger partial charge in [0.25, 0.3) is 5.91 Å². The Kier molecular flexibility index (Phi) is 11.1. The molecule has 1 heterocycles. The quantitative estimate of drug-likeness (QED) is 0.527. The zero-order valence-electron chi connectivity index (χ0n) is 19.0. The molecule has 9 heteroatoms. The topological polar surface area (TPSA) is 126 Å². The molecule has 4 N–H and O–H groups in total. The molecule has 9 nitrogen and oxygen atoms in total. The van der Waals surface area contributed by atoms with Crippen molar-refractivity contribution in [3.05, 3.63) is 0 Å². The Morgan fingerprint density at radius 2 is 1.83 bits per heavy atom. The molecule has 30 heavy (non-hydrogen) atoms. The van der Waals surface area contributed by atoms with Crippen LogP contribution in [0, 0.1) is 11.3 Å². The van der Waals surface area contributed by atoms with Crippen LogP contribution in [0.3, 0.4) is 0 Å². The van der Waals surface area contributed by atoms with E-state index in [0.717, 1.165) is 32.1 Å². The molecule has 0 bridgehead atoms. The summed E-state index contributed by atoms with van der Waals surface area (Å²) in [5.41, 5.74) is -0.202. The van der Waals surface area contributed by atoms with Gasteiger partial charge in [-0.3, -0.25) is 9.59 Å². The van der Waals surface area contributed by atoms with Crippen LogP contribution in [-0.4, -0.2) is 61.1 Å². The van der Waals surface area contributed by atoms with Crippen LogP contribution in [0.2, 0.25) is 0 Å². The van der Waals surface area contributed by atoms with E-state index in [2.05, 4.69) is 16.0 Å². The number of ether oxygens (including phenoxy) is 2. The number of hydrogen-bond acceptors (Lipinski definition) is 6. The Labute approximate surface area is 179 Å². The maximum Gasteiger partial charge on any atom is 0.407 e. The van der Waals surface area contributed by atoms with Gasteiger partial charge in [0.2, 0.25) is 5.91 Å². The number of aliphatic hydroxyl groups excluding tert-OH is 1. The van der Waals surface area contributed by atoms with E-state index < -0.39 is 36.3 Å². The van der Waals surface area contributed by atoms with E-state index in [0.29, 0.717) is 13.2 Å². The van der Waals surface area contributed by atoms with Crippen molar-refractivity contribution in [2.24, 2.45) is 11.3 Å². The van der Waals surface area contributed by atoms with E-state index in [1.54, 1.807) is 13.8 Å². The van der Waals surface area contributed by atoms with Crippen LogP contribution in [0.25, 0.3) is 0 Å². The first kappa shape index (κ1) is 26.2. The van der Waals surface area contributed by atoms with E-state index >= 15 is 0 Å². The molecule has 0 aromatic rings. The fraction of sp³-hybridized carbons (Fsp3) is 0.857. The van der Waals surface area contributed by atoms with Gasteiger partial charge in [-0.05, 0) is 24.2 Å². The Morgan fingerprint density at radius 1 is 1.20 bits per heavy atom. The van der Waals surface area contributed by atoms with Crippen molar-refractivity contribution in [3.63, 3.8) is 0 Å². The van der Waals surface area contributed by atoms with Gasteiger partial charge >= 0.3 is 6.09 Å². The summed E-state index contributed by atoms with van der Waals surface area (Å²) in [5.74, 6) is -1.40. The summed E-state index contributed by atoms with van der Waals surface area (Å²) in [4.78, 5) is 37.1. The Hall–Kier alpha value is -1.87. The normalized spacial score (nSPS) is 22.8. The monoisotopic (exact) mass is 429 g/mol. The van der Waals surface area contributed by atoms with Crippen molar-refractivity contribution in [3.8, 4) is 0 Å². The molecular formula is C21H39N3O6. The van der Waals surface area contributed by atoms with Crippen LogP contribution in [0.1, 0.15) is 66.7 Å². The fourth-order valence-corrected chi connectivity index (χ4v) is 2.85. The molecule has 3 amide bonds. The average molecular weight is 430 g/mol. The third-order valence-corrected chi connectivity index (χ3v) is 4.62. The van der Waals surface area contributed by atoms with Gasteiger partial charge < -0.3 is 30.5 Å². The largest absolute Gasteiger partial charge is 0.449 e. The number of carbonyl (C=O) groups is 3. The van der Waals surface area contributed by atoms with Gasteiger partial charge in [0, 0.05) is 13.2 Å². The van der Waals surface area contributed by atoms with Gasteiger partial charge in [-0.2, -0.15) is 0 Å². The molecule has 1 rings (SSSR count). The Balaban J connectivity index is 2.76. The lowest BCUT2D eigenvalue weighted by atomic mass is 9.99. The number of rotatable bonds is 5. The summed E-state index contributed by atoms with van der Waals surface area (Å²) in [6, 6.07) is -0.905. The number of alkyl carbamates (subject to hydrolysis) is 1. The van der Waals surface area contributed by atoms with Crippen LogP contribution in [-0.2, 0) is 19.1 Å². The summed E-state index contributed by atoms with van der Waals surface area (Å²) in [7, 11) is 0. The minimum atomic E-state index is -1.55. The van der Waals surface area contributed by atoms with Crippen molar-refractivity contribution in [1.82, 2.24) is 16.0 Å². The number of hydrogen-bond donors (Lipinski definition) is 4. The molecule has 3 unspecified atom stereocenters.